The van der Waals surface area contributed by atoms with Crippen molar-refractivity contribution in [1.29, 1.82) is 0 Å². The number of ether oxygens (including phenoxy) is 1. The van der Waals surface area contributed by atoms with Crippen molar-refractivity contribution in [1.82, 2.24) is 10.2 Å². The number of aliphatic carboxylic acids is 1. The van der Waals surface area contributed by atoms with Crippen LogP contribution >= 0.6 is 0 Å². The first kappa shape index (κ1) is 23.4. The number of carbonyl (C=O) groups excluding carboxylic acids is 2. The number of fused-ring (bicyclic) bond motifs is 4. The Bertz CT molecular complexity index is 1100. The third-order valence-electron chi connectivity index (χ3n) is 8.03. The summed E-state index contributed by atoms with van der Waals surface area (Å²) in [6, 6.07) is 16.5. The van der Waals surface area contributed by atoms with Gasteiger partial charge in [0, 0.05) is 32.0 Å². The minimum atomic E-state index is -0.773. The summed E-state index contributed by atoms with van der Waals surface area (Å²) in [4.78, 5) is 37.9. The lowest BCUT2D eigenvalue weighted by Gasteiger charge is -2.20. The molecule has 7 nitrogen and oxygen atoms in total. The van der Waals surface area contributed by atoms with E-state index >= 15 is 0 Å². The lowest BCUT2D eigenvalue weighted by molar-refractivity contribution is -0.144. The number of hydrogen-bond donors (Lipinski definition) is 2. The number of likely N-dealkylation sites (tertiary alicyclic amines) is 1. The second-order valence-corrected chi connectivity index (χ2v) is 10.3. The van der Waals surface area contributed by atoms with Crippen molar-refractivity contribution in [2.45, 2.75) is 38.5 Å². The van der Waals surface area contributed by atoms with Crippen molar-refractivity contribution in [3.63, 3.8) is 0 Å². The van der Waals surface area contributed by atoms with Crippen LogP contribution in [0.25, 0.3) is 11.1 Å². The Morgan fingerprint density at radius 3 is 2.37 bits per heavy atom. The molecule has 3 aliphatic rings. The largest absolute Gasteiger partial charge is 0.481 e. The van der Waals surface area contributed by atoms with Crippen molar-refractivity contribution in [3.8, 4) is 11.1 Å². The highest BCUT2D eigenvalue weighted by Gasteiger charge is 2.66. The first-order chi connectivity index (χ1) is 16.9. The molecule has 2 aliphatic carbocycles. The molecule has 2 N–H and O–H groups in total. The molecule has 2 fully saturated rings. The molecule has 1 heterocycles. The van der Waals surface area contributed by atoms with Gasteiger partial charge in [-0.3, -0.25) is 9.59 Å². The Labute approximate surface area is 205 Å². The summed E-state index contributed by atoms with van der Waals surface area (Å²) in [7, 11) is 0. The van der Waals surface area contributed by atoms with Gasteiger partial charge in [-0.25, -0.2) is 4.79 Å². The summed E-state index contributed by atoms with van der Waals surface area (Å²) in [5, 5.41) is 12.2. The van der Waals surface area contributed by atoms with E-state index in [1.807, 2.05) is 24.3 Å². The minimum absolute atomic E-state index is 0.0363. The third-order valence-corrected chi connectivity index (χ3v) is 8.03. The fourth-order valence-corrected chi connectivity index (χ4v) is 5.75. The number of hydrogen-bond acceptors (Lipinski definition) is 4. The number of carbonyl (C=O) groups is 3. The topological polar surface area (TPSA) is 95.9 Å². The van der Waals surface area contributed by atoms with Crippen LogP contribution in [0.2, 0.25) is 0 Å². The van der Waals surface area contributed by atoms with Gasteiger partial charge in [0.05, 0.1) is 5.41 Å². The van der Waals surface area contributed by atoms with Crippen LogP contribution in [0.1, 0.15) is 49.7 Å². The highest BCUT2D eigenvalue weighted by Crippen LogP contribution is 2.58. The van der Waals surface area contributed by atoms with E-state index in [-0.39, 0.29) is 23.7 Å². The van der Waals surface area contributed by atoms with Crippen LogP contribution in [0.5, 0.6) is 0 Å². The molecule has 2 aromatic rings. The lowest BCUT2D eigenvalue weighted by atomic mass is 9.98. The van der Waals surface area contributed by atoms with Crippen LogP contribution in [-0.2, 0) is 14.3 Å². The predicted octanol–water partition coefficient (Wildman–Crippen LogP) is 4.26. The number of piperidine rings is 1. The summed E-state index contributed by atoms with van der Waals surface area (Å²) in [5.41, 5.74) is 4.09. The number of alkyl carbamates (subject to hydrolysis) is 1. The lowest BCUT2D eigenvalue weighted by Crippen LogP contribution is -2.34. The van der Waals surface area contributed by atoms with Gasteiger partial charge in [-0.15, -0.1) is 0 Å². The summed E-state index contributed by atoms with van der Waals surface area (Å²) in [5.74, 6) is -0.309. The monoisotopic (exact) mass is 476 g/mol. The van der Waals surface area contributed by atoms with Crippen LogP contribution in [0.15, 0.2) is 48.5 Å². The Morgan fingerprint density at radius 1 is 1.09 bits per heavy atom. The van der Waals surface area contributed by atoms with Gasteiger partial charge in [-0.2, -0.15) is 0 Å². The molecule has 1 aliphatic heterocycles. The number of amides is 2. The molecule has 184 valence electrons. The molecule has 1 saturated heterocycles. The quantitative estimate of drug-likeness (QED) is 0.564. The zero-order valence-electron chi connectivity index (χ0n) is 20.0. The molecule has 7 heteroatoms. The van der Waals surface area contributed by atoms with E-state index in [0.29, 0.717) is 45.5 Å². The zero-order valence-corrected chi connectivity index (χ0v) is 20.0. The fourth-order valence-electron chi connectivity index (χ4n) is 5.75. The van der Waals surface area contributed by atoms with Crippen molar-refractivity contribution in [3.05, 3.63) is 59.7 Å². The number of benzene rings is 2. The van der Waals surface area contributed by atoms with Crippen LogP contribution < -0.4 is 5.32 Å². The third kappa shape index (κ3) is 4.51. The standard InChI is InChI=1S/C28H32N2O5/c1-18(10-11-25(31)30-15-19-14-28(19,17-30)26(32)33)12-13-29-27(34)35-16-24-22-8-4-2-6-20(22)21-7-3-5-9-23(21)24/h2-9,18-19,24H,10-17H2,1H3,(H,29,34)(H,32,33). The SMILES string of the molecule is CC(CCNC(=O)OCC1c2ccccc2-c2ccccc21)CCC(=O)N1CC2CC2(C(=O)O)C1. The molecule has 35 heavy (non-hydrogen) atoms. The van der Waals surface area contributed by atoms with E-state index < -0.39 is 17.5 Å². The molecule has 3 unspecified atom stereocenters. The van der Waals surface area contributed by atoms with Gasteiger partial charge >= 0.3 is 12.1 Å². The van der Waals surface area contributed by atoms with Gasteiger partial charge < -0.3 is 20.1 Å². The second kappa shape index (κ2) is 9.36. The summed E-state index contributed by atoms with van der Waals surface area (Å²) >= 11 is 0. The Morgan fingerprint density at radius 2 is 1.74 bits per heavy atom. The maximum atomic E-state index is 12.5. The van der Waals surface area contributed by atoms with E-state index in [0.717, 1.165) is 6.42 Å². The Kier molecular flexibility index (Phi) is 6.26. The molecule has 0 aromatic heterocycles. The van der Waals surface area contributed by atoms with E-state index in [2.05, 4.69) is 36.5 Å². The molecule has 3 atom stereocenters. The summed E-state index contributed by atoms with van der Waals surface area (Å²) < 4.78 is 5.57. The van der Waals surface area contributed by atoms with E-state index in [9.17, 15) is 19.5 Å². The van der Waals surface area contributed by atoms with Gasteiger partial charge in [0.2, 0.25) is 5.91 Å². The van der Waals surface area contributed by atoms with E-state index in [4.69, 9.17) is 4.74 Å². The number of nitrogens with one attached hydrogen (secondary N) is 1. The highest BCUT2D eigenvalue weighted by molar-refractivity contribution is 5.84. The second-order valence-electron chi connectivity index (χ2n) is 10.3. The number of rotatable bonds is 9. The first-order valence-electron chi connectivity index (χ1n) is 12.5. The van der Waals surface area contributed by atoms with Crippen molar-refractivity contribution >= 4 is 18.0 Å². The molecule has 2 amide bonds. The molecule has 0 bridgehead atoms. The smallest absolute Gasteiger partial charge is 0.407 e. The Hall–Kier alpha value is -3.35. The first-order valence-corrected chi connectivity index (χ1v) is 12.5. The van der Waals surface area contributed by atoms with Crippen LogP contribution in [0.4, 0.5) is 4.79 Å². The van der Waals surface area contributed by atoms with Crippen LogP contribution in [0.3, 0.4) is 0 Å². The molecule has 0 radical (unpaired) electrons. The summed E-state index contributed by atoms with van der Waals surface area (Å²) in [6.07, 6.45) is 2.15. The van der Waals surface area contributed by atoms with E-state index in [1.165, 1.54) is 22.3 Å². The molecular formula is C28H32N2O5. The average Bonchev–Trinajstić information content (AvgIpc) is 3.28. The fraction of sp³-hybridized carbons (Fsp3) is 0.464. The van der Waals surface area contributed by atoms with E-state index in [1.54, 1.807) is 4.90 Å². The normalized spacial score (nSPS) is 22.7. The predicted molar refractivity (Wildman–Crippen MR) is 131 cm³/mol. The maximum absolute atomic E-state index is 12.5. The van der Waals surface area contributed by atoms with Crippen LogP contribution in [0, 0.1) is 17.3 Å². The van der Waals surface area contributed by atoms with Gasteiger partial charge in [-0.05, 0) is 53.4 Å². The molecule has 5 rings (SSSR count). The summed E-state index contributed by atoms with van der Waals surface area (Å²) in [6.45, 7) is 3.76. The zero-order chi connectivity index (χ0) is 24.6. The van der Waals surface area contributed by atoms with Gasteiger partial charge in [0.25, 0.3) is 0 Å². The average molecular weight is 477 g/mol. The molecular weight excluding hydrogens is 444 g/mol. The van der Waals surface area contributed by atoms with Gasteiger partial charge in [0.15, 0.2) is 0 Å². The maximum Gasteiger partial charge on any atom is 0.407 e. The van der Waals surface area contributed by atoms with Crippen molar-refractivity contribution in [2.75, 3.05) is 26.2 Å². The molecule has 0 spiro atoms. The number of carboxylic acid groups (broad SMARTS) is 1. The Balaban J connectivity index is 1.02. The van der Waals surface area contributed by atoms with Gasteiger partial charge in [0.1, 0.15) is 6.61 Å². The number of carboxylic acids is 1. The minimum Gasteiger partial charge on any atom is -0.481 e. The van der Waals surface area contributed by atoms with Crippen molar-refractivity contribution < 1.29 is 24.2 Å². The highest BCUT2D eigenvalue weighted by atomic mass is 16.5. The molecule has 2 aromatic carbocycles. The van der Waals surface area contributed by atoms with Gasteiger partial charge in [-0.1, -0.05) is 55.5 Å². The molecule has 1 saturated carbocycles. The number of nitrogens with zero attached hydrogens (tertiary/aromatic N) is 1. The van der Waals surface area contributed by atoms with Crippen LogP contribution in [-0.4, -0.2) is 54.2 Å². The van der Waals surface area contributed by atoms with Crippen molar-refractivity contribution in [2.24, 2.45) is 17.3 Å².